The third-order valence-electron chi connectivity index (χ3n) is 6.03. The fraction of sp³-hybridized carbons (Fsp3) is 0.258. The predicted octanol–water partition coefficient (Wildman–Crippen LogP) is 6.86. The lowest BCUT2D eigenvalue weighted by Gasteiger charge is -2.14. The summed E-state index contributed by atoms with van der Waals surface area (Å²) in [6.07, 6.45) is 7.49. The van der Waals surface area contributed by atoms with Gasteiger partial charge < -0.3 is 23.5 Å². The fourth-order valence-corrected chi connectivity index (χ4v) is 4.26. The third kappa shape index (κ3) is 6.33. The van der Waals surface area contributed by atoms with E-state index in [1.807, 2.05) is 79.7 Å². The number of hydrogen-bond acceptors (Lipinski definition) is 5. The molecule has 0 saturated heterocycles. The van der Waals surface area contributed by atoms with Crippen LogP contribution in [0.25, 0.3) is 17.1 Å². The molecule has 0 aliphatic rings. The maximum absolute atomic E-state index is 6.17. The first-order chi connectivity index (χ1) is 18.2. The van der Waals surface area contributed by atoms with Crippen LogP contribution in [0.4, 0.5) is 0 Å². The average molecular weight is 499 g/mol. The van der Waals surface area contributed by atoms with E-state index >= 15 is 0 Å². The summed E-state index contributed by atoms with van der Waals surface area (Å²) in [5, 5.41) is 0. The molecule has 0 bridgehead atoms. The lowest BCUT2D eigenvalue weighted by molar-refractivity contribution is 0.264. The molecular weight excluding hydrogens is 464 g/mol. The summed E-state index contributed by atoms with van der Waals surface area (Å²) >= 11 is 0. The van der Waals surface area contributed by atoms with E-state index in [-0.39, 0.29) is 0 Å². The first-order valence-electron chi connectivity index (χ1n) is 12.4. The van der Waals surface area contributed by atoms with Crippen molar-refractivity contribution in [1.29, 1.82) is 0 Å². The molecule has 0 amide bonds. The Bertz CT molecular complexity index is 1370. The van der Waals surface area contributed by atoms with E-state index in [0.29, 0.717) is 24.7 Å². The Morgan fingerprint density at radius 1 is 0.892 bits per heavy atom. The highest BCUT2D eigenvalue weighted by atomic mass is 16.5. The number of aryl methyl sites for hydroxylation is 1. The van der Waals surface area contributed by atoms with Gasteiger partial charge in [-0.05, 0) is 67.3 Å². The van der Waals surface area contributed by atoms with E-state index in [2.05, 4.69) is 17.2 Å². The van der Waals surface area contributed by atoms with Gasteiger partial charge in [-0.15, -0.1) is 6.58 Å². The van der Waals surface area contributed by atoms with Gasteiger partial charge in [0.1, 0.15) is 12.4 Å². The van der Waals surface area contributed by atoms with Gasteiger partial charge in [0.25, 0.3) is 0 Å². The van der Waals surface area contributed by atoms with Gasteiger partial charge in [-0.2, -0.15) is 0 Å². The second-order valence-corrected chi connectivity index (χ2v) is 8.55. The number of allylic oxidation sites excluding steroid dienone is 2. The van der Waals surface area contributed by atoms with Gasteiger partial charge in [0.2, 0.25) is 0 Å². The van der Waals surface area contributed by atoms with E-state index in [1.54, 1.807) is 14.2 Å². The van der Waals surface area contributed by atoms with Gasteiger partial charge in [0.05, 0.1) is 31.9 Å². The number of rotatable bonds is 13. The third-order valence-corrected chi connectivity index (χ3v) is 6.03. The van der Waals surface area contributed by atoms with Crippen LogP contribution in [0.3, 0.4) is 0 Å². The van der Waals surface area contributed by atoms with Crippen molar-refractivity contribution in [1.82, 2.24) is 9.55 Å². The van der Waals surface area contributed by atoms with Crippen molar-refractivity contribution < 1.29 is 18.9 Å². The van der Waals surface area contributed by atoms with E-state index < -0.39 is 0 Å². The lowest BCUT2D eigenvalue weighted by Crippen LogP contribution is -2.10. The Hall–Kier alpha value is -4.19. The van der Waals surface area contributed by atoms with Crippen molar-refractivity contribution in [3.63, 3.8) is 0 Å². The maximum atomic E-state index is 6.17. The fourth-order valence-electron chi connectivity index (χ4n) is 4.26. The van der Waals surface area contributed by atoms with Gasteiger partial charge in [-0.3, -0.25) is 0 Å². The number of methoxy groups -OCH3 is 2. The molecule has 0 aliphatic carbocycles. The molecule has 0 radical (unpaired) electrons. The zero-order valence-corrected chi connectivity index (χ0v) is 21.8. The Kier molecular flexibility index (Phi) is 8.87. The van der Waals surface area contributed by atoms with Gasteiger partial charge in [-0.25, -0.2) is 4.98 Å². The summed E-state index contributed by atoms with van der Waals surface area (Å²) < 4.78 is 25.5. The maximum Gasteiger partial charge on any atom is 0.161 e. The first kappa shape index (κ1) is 25.9. The van der Waals surface area contributed by atoms with Crippen LogP contribution in [0.1, 0.15) is 30.3 Å². The van der Waals surface area contributed by atoms with E-state index in [0.717, 1.165) is 58.9 Å². The minimum absolute atomic E-state index is 0.327. The Morgan fingerprint density at radius 3 is 2.43 bits per heavy atom. The number of benzene rings is 3. The van der Waals surface area contributed by atoms with Crippen LogP contribution in [0.15, 0.2) is 79.4 Å². The number of fused-ring (bicyclic) bond motifs is 1. The van der Waals surface area contributed by atoms with Crippen molar-refractivity contribution in [2.24, 2.45) is 0 Å². The van der Waals surface area contributed by atoms with Crippen LogP contribution in [0.5, 0.6) is 23.0 Å². The summed E-state index contributed by atoms with van der Waals surface area (Å²) in [6, 6.07) is 20.0. The van der Waals surface area contributed by atoms with Crippen LogP contribution >= 0.6 is 0 Å². The number of nitrogens with zero attached hydrogens (tertiary/aromatic N) is 2. The zero-order valence-electron chi connectivity index (χ0n) is 21.8. The zero-order chi connectivity index (χ0) is 26.0. The van der Waals surface area contributed by atoms with Crippen LogP contribution in [-0.4, -0.2) is 30.4 Å². The molecule has 192 valence electrons. The second kappa shape index (κ2) is 12.7. The molecule has 0 aliphatic heterocycles. The van der Waals surface area contributed by atoms with Crippen LogP contribution in [-0.2, 0) is 19.6 Å². The molecule has 0 N–H and O–H groups in total. The van der Waals surface area contributed by atoms with Crippen molar-refractivity contribution in [3.05, 3.63) is 96.3 Å². The summed E-state index contributed by atoms with van der Waals surface area (Å²) in [7, 11) is 3.31. The van der Waals surface area contributed by atoms with Crippen LogP contribution in [0, 0.1) is 0 Å². The molecular formula is C31H34N2O4. The van der Waals surface area contributed by atoms with E-state index in [1.165, 1.54) is 0 Å². The van der Waals surface area contributed by atoms with Gasteiger partial charge in [0.15, 0.2) is 23.0 Å². The Labute approximate surface area is 218 Å². The average Bonchev–Trinajstić information content (AvgIpc) is 3.28. The van der Waals surface area contributed by atoms with Crippen LogP contribution in [0.2, 0.25) is 0 Å². The first-order valence-corrected chi connectivity index (χ1v) is 12.4. The second-order valence-electron chi connectivity index (χ2n) is 8.55. The monoisotopic (exact) mass is 498 g/mol. The van der Waals surface area contributed by atoms with Crippen molar-refractivity contribution in [2.45, 2.75) is 32.9 Å². The largest absolute Gasteiger partial charge is 0.493 e. The normalized spacial score (nSPS) is 11.1. The molecule has 3 aromatic carbocycles. The molecule has 4 rings (SSSR count). The molecule has 0 fully saturated rings. The van der Waals surface area contributed by atoms with Gasteiger partial charge in [-0.1, -0.05) is 42.5 Å². The lowest BCUT2D eigenvalue weighted by atomic mass is 10.1. The standard InChI is InChI=1S/C31H34N2O4/c1-5-10-23-14-16-27(29(20-23)34-3)36-19-9-18-33-26-13-8-7-12-25(26)32-31(33)22-37-28-17-15-24(11-6-2)21-30(28)35-4/h5-8,11-17,20-21H,1,9-10,18-19,22H2,2-4H3/b11-6-. The van der Waals surface area contributed by atoms with Gasteiger partial charge >= 0.3 is 0 Å². The summed E-state index contributed by atoms with van der Waals surface area (Å²) in [5.74, 6) is 3.70. The summed E-state index contributed by atoms with van der Waals surface area (Å²) in [6.45, 7) is 7.40. The number of hydrogen-bond donors (Lipinski definition) is 0. The molecule has 1 aromatic heterocycles. The highest BCUT2D eigenvalue weighted by molar-refractivity contribution is 5.75. The minimum atomic E-state index is 0.327. The molecule has 0 spiro atoms. The molecule has 0 atom stereocenters. The summed E-state index contributed by atoms with van der Waals surface area (Å²) in [5.41, 5.74) is 4.22. The molecule has 4 aromatic rings. The number of para-hydroxylation sites is 2. The smallest absolute Gasteiger partial charge is 0.161 e. The minimum Gasteiger partial charge on any atom is -0.493 e. The number of ether oxygens (including phenoxy) is 4. The molecule has 0 unspecified atom stereocenters. The highest BCUT2D eigenvalue weighted by Gasteiger charge is 2.13. The van der Waals surface area contributed by atoms with Crippen molar-refractivity contribution in [3.8, 4) is 23.0 Å². The molecule has 6 heteroatoms. The number of imidazole rings is 1. The Balaban J connectivity index is 1.45. The van der Waals surface area contributed by atoms with Gasteiger partial charge in [0, 0.05) is 6.54 Å². The van der Waals surface area contributed by atoms with E-state index in [9.17, 15) is 0 Å². The summed E-state index contributed by atoms with van der Waals surface area (Å²) in [4.78, 5) is 4.84. The topological polar surface area (TPSA) is 54.7 Å². The van der Waals surface area contributed by atoms with E-state index in [4.69, 9.17) is 23.9 Å². The number of aromatic nitrogens is 2. The van der Waals surface area contributed by atoms with Crippen molar-refractivity contribution in [2.75, 3.05) is 20.8 Å². The quantitative estimate of drug-likeness (QED) is 0.149. The molecule has 37 heavy (non-hydrogen) atoms. The Morgan fingerprint density at radius 2 is 1.65 bits per heavy atom. The van der Waals surface area contributed by atoms with Crippen LogP contribution < -0.4 is 18.9 Å². The van der Waals surface area contributed by atoms with Crippen molar-refractivity contribution >= 4 is 17.1 Å². The highest BCUT2D eigenvalue weighted by Crippen LogP contribution is 2.30. The SMILES string of the molecule is C=CCc1ccc(OCCCn2c(COc3ccc(/C=C\C)cc3OC)nc3ccccc32)c(OC)c1. The molecule has 1 heterocycles. The predicted molar refractivity (Wildman–Crippen MR) is 149 cm³/mol. The molecule has 6 nitrogen and oxygen atoms in total. The molecule has 0 saturated carbocycles.